The Morgan fingerprint density at radius 2 is 1.85 bits per heavy atom. The largest absolute Gasteiger partial charge is 0.497 e. The summed E-state index contributed by atoms with van der Waals surface area (Å²) in [5, 5.41) is 2.69. The summed E-state index contributed by atoms with van der Waals surface area (Å²) in [4.78, 5) is 27.2. The maximum absolute atomic E-state index is 13.1. The highest BCUT2D eigenvalue weighted by molar-refractivity contribution is 7.89. The van der Waals surface area contributed by atoms with Gasteiger partial charge in [0.15, 0.2) is 0 Å². The third kappa shape index (κ3) is 4.60. The molecule has 1 aliphatic carbocycles. The number of amides is 2. The third-order valence-electron chi connectivity index (χ3n) is 6.41. The van der Waals surface area contributed by atoms with E-state index in [4.69, 9.17) is 4.74 Å². The van der Waals surface area contributed by atoms with Crippen molar-refractivity contribution in [3.63, 3.8) is 0 Å². The molecule has 2 amide bonds. The molecular formula is C24H29N3O5S. The molecule has 9 heteroatoms. The number of carbonyl (C=O) groups excluding carboxylic acids is 2. The average molecular weight is 472 g/mol. The number of rotatable bonds is 7. The van der Waals surface area contributed by atoms with Crippen LogP contribution in [0.5, 0.6) is 5.75 Å². The van der Waals surface area contributed by atoms with Gasteiger partial charge in [-0.2, -0.15) is 4.31 Å². The van der Waals surface area contributed by atoms with Crippen LogP contribution in [0.15, 0.2) is 47.4 Å². The SMILES string of the molecule is COc1ccc(NC(=O)CN(C)S(=O)(=O)c2ccc3c(c2)C[C@H](C)N3C(=O)C2CCC2)cc1. The molecule has 0 bridgehead atoms. The lowest BCUT2D eigenvalue weighted by Gasteiger charge is -2.32. The lowest BCUT2D eigenvalue weighted by atomic mass is 9.84. The van der Waals surface area contributed by atoms with Crippen LogP contribution in [-0.2, 0) is 26.0 Å². The molecule has 2 aromatic carbocycles. The fourth-order valence-electron chi connectivity index (χ4n) is 4.30. The van der Waals surface area contributed by atoms with E-state index in [-0.39, 0.29) is 29.3 Å². The van der Waals surface area contributed by atoms with Gasteiger partial charge in [-0.3, -0.25) is 9.59 Å². The number of benzene rings is 2. The van der Waals surface area contributed by atoms with E-state index >= 15 is 0 Å². The summed E-state index contributed by atoms with van der Waals surface area (Å²) in [5.41, 5.74) is 2.18. The first-order valence-electron chi connectivity index (χ1n) is 11.1. The van der Waals surface area contributed by atoms with E-state index in [0.717, 1.165) is 34.8 Å². The van der Waals surface area contributed by atoms with Gasteiger partial charge in [-0.1, -0.05) is 6.42 Å². The van der Waals surface area contributed by atoms with Crippen LogP contribution in [-0.4, -0.2) is 51.3 Å². The fourth-order valence-corrected chi connectivity index (χ4v) is 5.48. The van der Waals surface area contributed by atoms with Gasteiger partial charge in [-0.05, 0) is 74.2 Å². The minimum Gasteiger partial charge on any atom is -0.497 e. The molecule has 1 saturated carbocycles. The molecule has 0 saturated heterocycles. The van der Waals surface area contributed by atoms with E-state index in [1.54, 1.807) is 43.5 Å². The van der Waals surface area contributed by atoms with Gasteiger partial charge in [0.2, 0.25) is 21.8 Å². The number of nitrogens with zero attached hydrogens (tertiary/aromatic N) is 2. The van der Waals surface area contributed by atoms with Gasteiger partial charge in [-0.25, -0.2) is 8.42 Å². The van der Waals surface area contributed by atoms with Gasteiger partial charge >= 0.3 is 0 Å². The summed E-state index contributed by atoms with van der Waals surface area (Å²) < 4.78 is 32.3. The maximum Gasteiger partial charge on any atom is 0.243 e. The highest BCUT2D eigenvalue weighted by Gasteiger charge is 2.37. The van der Waals surface area contributed by atoms with Crippen molar-refractivity contribution in [3.05, 3.63) is 48.0 Å². The summed E-state index contributed by atoms with van der Waals surface area (Å²) >= 11 is 0. The van der Waals surface area contributed by atoms with Crippen LogP contribution in [0.4, 0.5) is 11.4 Å². The van der Waals surface area contributed by atoms with E-state index in [1.807, 2.05) is 11.8 Å². The lowest BCUT2D eigenvalue weighted by molar-refractivity contribution is -0.125. The van der Waals surface area contributed by atoms with Crippen molar-refractivity contribution in [3.8, 4) is 5.75 Å². The molecule has 0 unspecified atom stereocenters. The number of sulfonamides is 1. The quantitative estimate of drug-likeness (QED) is 0.670. The topological polar surface area (TPSA) is 96.0 Å². The molecule has 4 rings (SSSR count). The summed E-state index contributed by atoms with van der Waals surface area (Å²) in [7, 11) is -0.942. The standard InChI is InChI=1S/C24H29N3O5S/c1-16-13-18-14-21(11-12-22(18)27(16)24(29)17-5-4-6-17)33(30,31)26(2)15-23(28)25-19-7-9-20(32-3)10-8-19/h7-12,14,16-17H,4-6,13,15H2,1-3H3,(H,25,28)/t16-/m0/s1. The van der Waals surface area contributed by atoms with Crippen molar-refractivity contribution in [2.75, 3.05) is 30.9 Å². The van der Waals surface area contributed by atoms with Crippen molar-refractivity contribution < 1.29 is 22.7 Å². The van der Waals surface area contributed by atoms with E-state index in [1.165, 1.54) is 13.1 Å². The molecular weight excluding hydrogens is 442 g/mol. The normalized spacial score (nSPS) is 18.1. The molecule has 0 spiro atoms. The monoisotopic (exact) mass is 471 g/mol. The minimum atomic E-state index is -3.87. The zero-order valence-corrected chi connectivity index (χ0v) is 19.9. The number of methoxy groups -OCH3 is 1. The first-order chi connectivity index (χ1) is 15.7. The van der Waals surface area contributed by atoms with Crippen molar-refractivity contribution in [1.29, 1.82) is 0 Å². The number of hydrogen-bond donors (Lipinski definition) is 1. The Labute approximate surface area is 194 Å². The molecule has 1 heterocycles. The Bertz CT molecular complexity index is 1160. The van der Waals surface area contributed by atoms with Crippen molar-refractivity contribution >= 4 is 33.2 Å². The van der Waals surface area contributed by atoms with Crippen LogP contribution in [0.2, 0.25) is 0 Å². The van der Waals surface area contributed by atoms with Crippen LogP contribution >= 0.6 is 0 Å². The number of anilines is 2. The molecule has 0 radical (unpaired) electrons. The average Bonchev–Trinajstić information content (AvgIpc) is 3.07. The molecule has 33 heavy (non-hydrogen) atoms. The predicted octanol–water partition coefficient (Wildman–Crippen LogP) is 3.03. The van der Waals surface area contributed by atoms with E-state index in [9.17, 15) is 18.0 Å². The van der Waals surface area contributed by atoms with E-state index in [2.05, 4.69) is 5.32 Å². The van der Waals surface area contributed by atoms with Gasteiger partial charge < -0.3 is 15.0 Å². The second-order valence-corrected chi connectivity index (χ2v) is 10.8. The highest BCUT2D eigenvalue weighted by Crippen LogP contribution is 2.38. The van der Waals surface area contributed by atoms with Crippen molar-refractivity contribution in [2.24, 2.45) is 5.92 Å². The molecule has 0 aromatic heterocycles. The van der Waals surface area contributed by atoms with Gasteiger partial charge in [0.25, 0.3) is 0 Å². The maximum atomic E-state index is 13.1. The van der Waals surface area contributed by atoms with Crippen LogP contribution in [0.3, 0.4) is 0 Å². The van der Waals surface area contributed by atoms with Gasteiger partial charge in [0, 0.05) is 30.4 Å². The summed E-state index contributed by atoms with van der Waals surface area (Å²) in [6.45, 7) is 1.66. The van der Waals surface area contributed by atoms with Crippen LogP contribution < -0.4 is 15.0 Å². The number of likely N-dealkylation sites (N-methyl/N-ethyl adjacent to an activating group) is 1. The minimum absolute atomic E-state index is 0.000872. The van der Waals surface area contributed by atoms with Crippen LogP contribution in [0.25, 0.3) is 0 Å². The highest BCUT2D eigenvalue weighted by atomic mass is 32.2. The zero-order chi connectivity index (χ0) is 23.8. The van der Waals surface area contributed by atoms with Gasteiger partial charge in [-0.15, -0.1) is 0 Å². The molecule has 1 fully saturated rings. The van der Waals surface area contributed by atoms with Crippen LogP contribution in [0, 0.1) is 5.92 Å². The second kappa shape index (κ2) is 9.15. The number of carbonyl (C=O) groups is 2. The molecule has 2 aliphatic rings. The Morgan fingerprint density at radius 3 is 2.45 bits per heavy atom. The summed E-state index contributed by atoms with van der Waals surface area (Å²) in [6.07, 6.45) is 3.54. The molecule has 8 nitrogen and oxygen atoms in total. The zero-order valence-electron chi connectivity index (χ0n) is 19.1. The van der Waals surface area contributed by atoms with Gasteiger partial charge in [0.05, 0.1) is 18.6 Å². The first kappa shape index (κ1) is 23.3. The van der Waals surface area contributed by atoms with E-state index < -0.39 is 15.9 Å². The molecule has 176 valence electrons. The Morgan fingerprint density at radius 1 is 1.15 bits per heavy atom. The van der Waals surface area contributed by atoms with Crippen molar-refractivity contribution in [2.45, 2.75) is 43.5 Å². The first-order valence-corrected chi connectivity index (χ1v) is 12.5. The lowest BCUT2D eigenvalue weighted by Crippen LogP contribution is -2.42. The molecule has 1 N–H and O–H groups in total. The fraction of sp³-hybridized carbons (Fsp3) is 0.417. The van der Waals surface area contributed by atoms with Crippen LogP contribution in [0.1, 0.15) is 31.7 Å². The van der Waals surface area contributed by atoms with E-state index in [0.29, 0.717) is 17.9 Å². The predicted molar refractivity (Wildman–Crippen MR) is 126 cm³/mol. The Hall–Kier alpha value is -2.91. The molecule has 2 aromatic rings. The number of nitrogens with one attached hydrogen (secondary N) is 1. The third-order valence-corrected chi connectivity index (χ3v) is 8.21. The molecule has 1 aliphatic heterocycles. The summed E-state index contributed by atoms with van der Waals surface area (Å²) in [6, 6.07) is 11.7. The number of fused-ring (bicyclic) bond motifs is 1. The second-order valence-electron chi connectivity index (χ2n) is 8.72. The van der Waals surface area contributed by atoms with Crippen molar-refractivity contribution in [1.82, 2.24) is 4.31 Å². The Balaban J connectivity index is 1.46. The summed E-state index contributed by atoms with van der Waals surface area (Å²) in [5.74, 6) is 0.428. The number of hydrogen-bond acceptors (Lipinski definition) is 5. The van der Waals surface area contributed by atoms with Gasteiger partial charge in [0.1, 0.15) is 5.75 Å². The number of ether oxygens (including phenoxy) is 1. The molecule has 1 atom stereocenters. The Kier molecular flexibility index (Phi) is 6.45. The smallest absolute Gasteiger partial charge is 0.243 e.